The SMILES string of the molecule is Cc1cccc(NC2CCC3(CC2)OCCO3)c1. The first-order chi connectivity index (χ1) is 8.76. The number of aryl methyl sites for hydroxylation is 1. The molecule has 98 valence electrons. The summed E-state index contributed by atoms with van der Waals surface area (Å²) >= 11 is 0. The lowest BCUT2D eigenvalue weighted by atomic mass is 9.90. The van der Waals surface area contributed by atoms with E-state index in [4.69, 9.17) is 9.47 Å². The van der Waals surface area contributed by atoms with E-state index < -0.39 is 0 Å². The third-order valence-electron chi connectivity index (χ3n) is 3.95. The molecule has 1 spiro atoms. The molecule has 2 aliphatic rings. The Kier molecular flexibility index (Phi) is 3.27. The highest BCUT2D eigenvalue weighted by Gasteiger charge is 2.40. The summed E-state index contributed by atoms with van der Waals surface area (Å²) in [6, 6.07) is 9.12. The smallest absolute Gasteiger partial charge is 0.168 e. The van der Waals surface area contributed by atoms with Crippen LogP contribution in [0.25, 0.3) is 0 Å². The van der Waals surface area contributed by atoms with Crippen molar-refractivity contribution in [3.05, 3.63) is 29.8 Å². The maximum atomic E-state index is 5.75. The summed E-state index contributed by atoms with van der Waals surface area (Å²) in [4.78, 5) is 0. The fourth-order valence-corrected chi connectivity index (χ4v) is 2.96. The van der Waals surface area contributed by atoms with Crippen molar-refractivity contribution in [1.29, 1.82) is 0 Å². The number of ether oxygens (including phenoxy) is 2. The first-order valence-corrected chi connectivity index (χ1v) is 6.87. The minimum absolute atomic E-state index is 0.245. The molecule has 0 unspecified atom stereocenters. The summed E-state index contributed by atoms with van der Waals surface area (Å²) in [6.07, 6.45) is 4.26. The maximum Gasteiger partial charge on any atom is 0.168 e. The van der Waals surface area contributed by atoms with Gasteiger partial charge in [-0.3, -0.25) is 0 Å². The highest BCUT2D eigenvalue weighted by molar-refractivity contribution is 5.46. The second kappa shape index (κ2) is 4.90. The molecule has 0 atom stereocenters. The van der Waals surface area contributed by atoms with E-state index in [2.05, 4.69) is 36.5 Å². The molecular formula is C15H21NO2. The molecule has 0 bridgehead atoms. The van der Waals surface area contributed by atoms with Crippen molar-refractivity contribution in [2.45, 2.75) is 44.4 Å². The van der Waals surface area contributed by atoms with Gasteiger partial charge >= 0.3 is 0 Å². The van der Waals surface area contributed by atoms with Crippen LogP contribution in [0.5, 0.6) is 0 Å². The Bertz CT molecular complexity index is 403. The third kappa shape index (κ3) is 2.52. The lowest BCUT2D eigenvalue weighted by molar-refractivity contribution is -0.177. The number of hydrogen-bond acceptors (Lipinski definition) is 3. The summed E-state index contributed by atoms with van der Waals surface area (Å²) in [5.74, 6) is -0.245. The molecule has 3 rings (SSSR count). The molecule has 1 saturated carbocycles. The van der Waals surface area contributed by atoms with Gasteiger partial charge in [0.05, 0.1) is 13.2 Å². The van der Waals surface area contributed by atoms with Crippen molar-refractivity contribution in [3.8, 4) is 0 Å². The predicted octanol–water partition coefficient (Wildman–Crippen LogP) is 3.09. The molecule has 1 saturated heterocycles. The Hall–Kier alpha value is -1.06. The van der Waals surface area contributed by atoms with Crippen LogP contribution < -0.4 is 5.32 Å². The van der Waals surface area contributed by atoms with E-state index in [0.29, 0.717) is 6.04 Å². The molecule has 1 aliphatic heterocycles. The summed E-state index contributed by atoms with van der Waals surface area (Å²) in [5, 5.41) is 3.62. The first-order valence-electron chi connectivity index (χ1n) is 6.87. The predicted molar refractivity (Wildman–Crippen MR) is 71.7 cm³/mol. The van der Waals surface area contributed by atoms with Crippen LogP contribution in [-0.4, -0.2) is 25.0 Å². The lowest BCUT2D eigenvalue weighted by Crippen LogP contribution is -2.39. The Labute approximate surface area is 108 Å². The zero-order chi connectivity index (χ0) is 12.4. The number of nitrogens with one attached hydrogen (secondary N) is 1. The van der Waals surface area contributed by atoms with Crippen molar-refractivity contribution in [2.24, 2.45) is 0 Å². The van der Waals surface area contributed by atoms with Gasteiger partial charge in [0.15, 0.2) is 5.79 Å². The zero-order valence-electron chi connectivity index (χ0n) is 10.9. The minimum atomic E-state index is -0.245. The summed E-state index contributed by atoms with van der Waals surface area (Å²) < 4.78 is 11.5. The lowest BCUT2D eigenvalue weighted by Gasteiger charge is -2.36. The van der Waals surface area contributed by atoms with E-state index in [1.165, 1.54) is 11.3 Å². The molecule has 0 amide bonds. The summed E-state index contributed by atoms with van der Waals surface area (Å²) in [6.45, 7) is 3.65. The maximum absolute atomic E-state index is 5.75. The molecule has 3 heteroatoms. The van der Waals surface area contributed by atoms with Gasteiger partial charge in [-0.15, -0.1) is 0 Å². The van der Waals surface area contributed by atoms with Gasteiger partial charge in [0.1, 0.15) is 0 Å². The number of hydrogen-bond donors (Lipinski definition) is 1. The Morgan fingerprint density at radius 3 is 2.56 bits per heavy atom. The van der Waals surface area contributed by atoms with Gasteiger partial charge in [-0.25, -0.2) is 0 Å². The quantitative estimate of drug-likeness (QED) is 0.871. The van der Waals surface area contributed by atoms with E-state index in [9.17, 15) is 0 Å². The molecule has 1 heterocycles. The fourth-order valence-electron chi connectivity index (χ4n) is 2.96. The van der Waals surface area contributed by atoms with E-state index in [0.717, 1.165) is 38.9 Å². The number of anilines is 1. The average Bonchev–Trinajstić information content (AvgIpc) is 2.81. The standard InChI is InChI=1S/C15H21NO2/c1-12-3-2-4-14(11-12)16-13-5-7-15(8-6-13)17-9-10-18-15/h2-4,11,13,16H,5-10H2,1H3. The van der Waals surface area contributed by atoms with Crippen LogP contribution in [0.1, 0.15) is 31.2 Å². The Morgan fingerprint density at radius 1 is 1.17 bits per heavy atom. The van der Waals surface area contributed by atoms with Crippen molar-refractivity contribution >= 4 is 5.69 Å². The summed E-state index contributed by atoms with van der Waals surface area (Å²) in [7, 11) is 0. The molecule has 3 nitrogen and oxygen atoms in total. The van der Waals surface area contributed by atoms with Crippen LogP contribution in [-0.2, 0) is 9.47 Å². The normalized spacial score (nSPS) is 23.4. The van der Waals surface area contributed by atoms with Gasteiger partial charge in [-0.2, -0.15) is 0 Å². The third-order valence-corrected chi connectivity index (χ3v) is 3.95. The van der Waals surface area contributed by atoms with Crippen LogP contribution in [0, 0.1) is 6.92 Å². The van der Waals surface area contributed by atoms with Crippen LogP contribution in [0.15, 0.2) is 24.3 Å². The number of rotatable bonds is 2. The van der Waals surface area contributed by atoms with Gasteiger partial charge in [-0.1, -0.05) is 12.1 Å². The van der Waals surface area contributed by atoms with Crippen molar-refractivity contribution in [3.63, 3.8) is 0 Å². The zero-order valence-corrected chi connectivity index (χ0v) is 10.9. The minimum Gasteiger partial charge on any atom is -0.382 e. The Balaban J connectivity index is 1.57. The van der Waals surface area contributed by atoms with Crippen LogP contribution in [0.2, 0.25) is 0 Å². The average molecular weight is 247 g/mol. The van der Waals surface area contributed by atoms with E-state index in [-0.39, 0.29) is 5.79 Å². The summed E-state index contributed by atoms with van der Waals surface area (Å²) in [5.41, 5.74) is 2.53. The van der Waals surface area contributed by atoms with Crippen LogP contribution in [0.4, 0.5) is 5.69 Å². The van der Waals surface area contributed by atoms with Crippen molar-refractivity contribution < 1.29 is 9.47 Å². The largest absolute Gasteiger partial charge is 0.382 e. The molecule has 1 aromatic carbocycles. The molecule has 18 heavy (non-hydrogen) atoms. The molecule has 2 fully saturated rings. The number of benzene rings is 1. The van der Waals surface area contributed by atoms with E-state index in [1.807, 2.05) is 0 Å². The van der Waals surface area contributed by atoms with Gasteiger partial charge in [0, 0.05) is 24.6 Å². The van der Waals surface area contributed by atoms with Gasteiger partial charge in [0.25, 0.3) is 0 Å². The molecule has 1 aliphatic carbocycles. The van der Waals surface area contributed by atoms with Crippen LogP contribution in [0.3, 0.4) is 0 Å². The fraction of sp³-hybridized carbons (Fsp3) is 0.600. The molecule has 1 aromatic rings. The second-order valence-corrected chi connectivity index (χ2v) is 5.40. The van der Waals surface area contributed by atoms with Crippen molar-refractivity contribution in [1.82, 2.24) is 0 Å². The molecule has 0 aromatic heterocycles. The monoisotopic (exact) mass is 247 g/mol. The Morgan fingerprint density at radius 2 is 1.89 bits per heavy atom. The van der Waals surface area contributed by atoms with Gasteiger partial charge < -0.3 is 14.8 Å². The molecule has 0 radical (unpaired) electrons. The highest BCUT2D eigenvalue weighted by Crippen LogP contribution is 2.36. The van der Waals surface area contributed by atoms with Gasteiger partial charge in [0.2, 0.25) is 0 Å². The highest BCUT2D eigenvalue weighted by atomic mass is 16.7. The van der Waals surface area contributed by atoms with Gasteiger partial charge in [-0.05, 0) is 37.5 Å². The van der Waals surface area contributed by atoms with Crippen LogP contribution >= 0.6 is 0 Å². The molecular weight excluding hydrogens is 226 g/mol. The molecule has 1 N–H and O–H groups in total. The topological polar surface area (TPSA) is 30.5 Å². The van der Waals surface area contributed by atoms with Crippen molar-refractivity contribution in [2.75, 3.05) is 18.5 Å². The van der Waals surface area contributed by atoms with E-state index >= 15 is 0 Å². The second-order valence-electron chi connectivity index (χ2n) is 5.40. The first kappa shape index (κ1) is 12.0. The van der Waals surface area contributed by atoms with E-state index in [1.54, 1.807) is 0 Å².